The SMILES string of the molecule is C=C1C(Br)=C[C-]=C(c2ccc(Br)cc2Cl)N1CC.[Y]. The number of likely N-dealkylation sites (N-methyl/N-ethyl adjacent to an activating group) is 1. The number of nitrogens with zero attached hydrogens (tertiary/aromatic N) is 1. The fourth-order valence-corrected chi connectivity index (χ4v) is 2.90. The molecule has 0 amide bonds. The van der Waals surface area contributed by atoms with E-state index in [4.69, 9.17) is 11.6 Å². The van der Waals surface area contributed by atoms with Crippen LogP contribution in [-0.4, -0.2) is 11.4 Å². The van der Waals surface area contributed by atoms with Crippen molar-refractivity contribution < 1.29 is 32.7 Å². The average Bonchev–Trinajstić information content (AvgIpc) is 2.33. The molecule has 0 aromatic heterocycles. The molecule has 1 aromatic carbocycles. The van der Waals surface area contributed by atoms with Gasteiger partial charge in [0.2, 0.25) is 0 Å². The van der Waals surface area contributed by atoms with Crippen molar-refractivity contribution in [3.8, 4) is 0 Å². The van der Waals surface area contributed by atoms with Crippen molar-refractivity contribution in [2.45, 2.75) is 6.92 Å². The van der Waals surface area contributed by atoms with Crippen molar-refractivity contribution >= 4 is 49.2 Å². The summed E-state index contributed by atoms with van der Waals surface area (Å²) in [6.07, 6.45) is 5.13. The van der Waals surface area contributed by atoms with Gasteiger partial charge in [-0.3, -0.25) is 0 Å². The van der Waals surface area contributed by atoms with Gasteiger partial charge in [-0.2, -0.15) is 12.2 Å². The van der Waals surface area contributed by atoms with Crippen LogP contribution in [0.4, 0.5) is 0 Å². The van der Waals surface area contributed by atoms with Gasteiger partial charge in [-0.05, 0) is 23.7 Å². The summed E-state index contributed by atoms with van der Waals surface area (Å²) >= 11 is 13.2. The van der Waals surface area contributed by atoms with Crippen LogP contribution in [0.25, 0.3) is 5.70 Å². The molecular weight excluding hydrogens is 466 g/mol. The second-order valence-corrected chi connectivity index (χ2v) is 5.98. The molecule has 1 heterocycles. The van der Waals surface area contributed by atoms with Gasteiger partial charge < -0.3 is 4.90 Å². The minimum absolute atomic E-state index is 0. The van der Waals surface area contributed by atoms with E-state index in [0.717, 1.165) is 32.5 Å². The molecule has 0 saturated heterocycles. The molecule has 1 aliphatic rings. The van der Waals surface area contributed by atoms with Gasteiger partial charge >= 0.3 is 0 Å². The third kappa shape index (κ3) is 3.82. The Balaban J connectivity index is 0.00000180. The minimum Gasteiger partial charge on any atom is -0.375 e. The molecule has 1 nitrogen and oxygen atoms in total. The van der Waals surface area contributed by atoms with Crippen LogP contribution in [0.5, 0.6) is 0 Å². The van der Waals surface area contributed by atoms with Gasteiger partial charge in [0.1, 0.15) is 0 Å². The number of halogens is 3. The molecule has 0 aliphatic carbocycles. The Bertz CT molecular complexity index is 567. The smallest absolute Gasteiger partial charge is 0.0169 e. The number of hydrogen-bond acceptors (Lipinski definition) is 1. The number of allylic oxidation sites excluding steroid dienone is 3. The minimum atomic E-state index is 0. The Morgan fingerprint density at radius 2 is 2.05 bits per heavy atom. The molecule has 5 heteroatoms. The summed E-state index contributed by atoms with van der Waals surface area (Å²) in [7, 11) is 0. The van der Waals surface area contributed by atoms with E-state index in [1.165, 1.54) is 0 Å². The van der Waals surface area contributed by atoms with Gasteiger partial charge in [-0.25, -0.2) is 0 Å². The Morgan fingerprint density at radius 3 is 2.63 bits per heavy atom. The van der Waals surface area contributed by atoms with Gasteiger partial charge in [-0.15, -0.1) is 22.0 Å². The van der Waals surface area contributed by atoms with E-state index in [1.54, 1.807) is 0 Å². The maximum atomic E-state index is 6.29. The molecule has 0 N–H and O–H groups in total. The fourth-order valence-electron chi connectivity index (χ4n) is 1.81. The van der Waals surface area contributed by atoms with Crippen molar-refractivity contribution in [2.24, 2.45) is 0 Å². The third-order valence-electron chi connectivity index (χ3n) is 2.71. The summed E-state index contributed by atoms with van der Waals surface area (Å²) < 4.78 is 1.91. The molecule has 1 aliphatic heterocycles. The fraction of sp³-hybridized carbons (Fsp3) is 0.143. The average molecular weight is 477 g/mol. The van der Waals surface area contributed by atoms with Crippen molar-refractivity contribution in [2.75, 3.05) is 6.54 Å². The first-order valence-corrected chi connectivity index (χ1v) is 7.42. The molecule has 0 fully saturated rings. The van der Waals surface area contributed by atoms with E-state index in [1.807, 2.05) is 24.3 Å². The monoisotopic (exact) mass is 475 g/mol. The molecular formula is C14H11Br2ClNY-. The van der Waals surface area contributed by atoms with Crippen molar-refractivity contribution in [1.82, 2.24) is 4.90 Å². The normalized spacial score (nSPS) is 14.7. The predicted octanol–water partition coefficient (Wildman–Crippen LogP) is 5.37. The van der Waals surface area contributed by atoms with E-state index < -0.39 is 0 Å². The van der Waals surface area contributed by atoms with Gasteiger partial charge in [0.05, 0.1) is 0 Å². The van der Waals surface area contributed by atoms with Crippen LogP contribution in [0.2, 0.25) is 5.02 Å². The molecule has 1 radical (unpaired) electrons. The molecule has 0 bridgehead atoms. The van der Waals surface area contributed by atoms with E-state index >= 15 is 0 Å². The zero-order valence-corrected chi connectivity index (χ0v) is 17.1. The van der Waals surface area contributed by atoms with Crippen LogP contribution < -0.4 is 0 Å². The summed E-state index contributed by atoms with van der Waals surface area (Å²) in [6, 6.07) is 5.84. The van der Waals surface area contributed by atoms with Gasteiger partial charge in [0.25, 0.3) is 0 Å². The molecule has 19 heavy (non-hydrogen) atoms. The second-order valence-electron chi connectivity index (χ2n) is 3.80. The number of rotatable bonds is 2. The summed E-state index contributed by atoms with van der Waals surface area (Å²) in [5.74, 6) is 0. The molecule has 2 rings (SSSR count). The summed E-state index contributed by atoms with van der Waals surface area (Å²) in [4.78, 5) is 2.08. The van der Waals surface area contributed by atoms with Gasteiger partial charge in [0, 0.05) is 43.7 Å². The van der Waals surface area contributed by atoms with Crippen LogP contribution in [0.3, 0.4) is 0 Å². The quantitative estimate of drug-likeness (QED) is 0.518. The van der Waals surface area contributed by atoms with Gasteiger partial charge in [0.15, 0.2) is 0 Å². The Hall–Kier alpha value is 0.594. The van der Waals surface area contributed by atoms with Crippen LogP contribution in [0, 0.1) is 6.08 Å². The van der Waals surface area contributed by atoms with E-state index in [9.17, 15) is 0 Å². The first kappa shape index (κ1) is 17.6. The van der Waals surface area contributed by atoms with Crippen LogP contribution >= 0.6 is 43.5 Å². The first-order chi connectivity index (χ1) is 8.54. The molecule has 1 aromatic rings. The molecule has 0 spiro atoms. The van der Waals surface area contributed by atoms with Crippen LogP contribution in [-0.2, 0) is 32.7 Å². The van der Waals surface area contributed by atoms with E-state index in [2.05, 4.69) is 56.3 Å². The van der Waals surface area contributed by atoms with Crippen molar-refractivity contribution in [3.05, 3.63) is 62.2 Å². The number of hydrogen-bond donors (Lipinski definition) is 0. The topological polar surface area (TPSA) is 3.24 Å². The largest absolute Gasteiger partial charge is 0.375 e. The van der Waals surface area contributed by atoms with Crippen molar-refractivity contribution in [3.63, 3.8) is 0 Å². The molecule has 0 saturated carbocycles. The Morgan fingerprint density at radius 1 is 1.37 bits per heavy atom. The summed E-state index contributed by atoms with van der Waals surface area (Å²) in [6.45, 7) is 6.96. The predicted molar refractivity (Wildman–Crippen MR) is 84.3 cm³/mol. The maximum Gasteiger partial charge on any atom is 0.0169 e. The Kier molecular flexibility index (Phi) is 7.02. The van der Waals surface area contributed by atoms with E-state index in [0.29, 0.717) is 5.02 Å². The van der Waals surface area contributed by atoms with Crippen LogP contribution in [0.1, 0.15) is 12.5 Å². The zero-order chi connectivity index (χ0) is 13.3. The molecule has 97 valence electrons. The summed E-state index contributed by atoms with van der Waals surface area (Å²) in [5.41, 5.74) is 2.83. The van der Waals surface area contributed by atoms with Gasteiger partial charge in [-0.1, -0.05) is 55.9 Å². The Labute approximate surface area is 160 Å². The van der Waals surface area contributed by atoms with Crippen LogP contribution in [0.15, 0.2) is 45.5 Å². The zero-order valence-electron chi connectivity index (χ0n) is 10.4. The maximum absolute atomic E-state index is 6.29. The molecule has 0 unspecified atom stereocenters. The number of benzene rings is 1. The van der Waals surface area contributed by atoms with E-state index in [-0.39, 0.29) is 32.7 Å². The second kappa shape index (κ2) is 7.56. The third-order valence-corrected chi connectivity index (χ3v) is 4.20. The van der Waals surface area contributed by atoms with Crippen molar-refractivity contribution in [1.29, 1.82) is 0 Å². The first-order valence-electron chi connectivity index (χ1n) is 5.46. The molecule has 0 atom stereocenters. The summed E-state index contributed by atoms with van der Waals surface area (Å²) in [5, 5.41) is 0.699. The standard InChI is InChI=1S/C14H11Br2ClN.Y/c1-3-18-9(2)12(16)6-7-14(18)11-5-4-10(15)8-13(11)17;/h4-6,8H,2-3H2,1H3;/q-1;.